The van der Waals surface area contributed by atoms with Crippen LogP contribution in [0.1, 0.15) is 64.7 Å². The molecule has 7 nitrogen and oxygen atoms in total. The minimum Gasteiger partial charge on any atom is -0.324 e. The van der Waals surface area contributed by atoms with E-state index in [0.29, 0.717) is 6.42 Å². The summed E-state index contributed by atoms with van der Waals surface area (Å²) in [6.07, 6.45) is 9.79. The van der Waals surface area contributed by atoms with Crippen LogP contribution in [0.2, 0.25) is 0 Å². The summed E-state index contributed by atoms with van der Waals surface area (Å²) in [4.78, 5) is 35.9. The van der Waals surface area contributed by atoms with Gasteiger partial charge in [-0.05, 0) is 6.42 Å². The van der Waals surface area contributed by atoms with E-state index in [1.54, 1.807) is 0 Å². The first kappa shape index (κ1) is 23.4. The molecule has 0 saturated carbocycles. The lowest BCUT2D eigenvalue weighted by molar-refractivity contribution is 0.342. The molecule has 10 heteroatoms. The van der Waals surface area contributed by atoms with Crippen LogP contribution in [0.5, 0.6) is 0 Å². The lowest BCUT2D eigenvalue weighted by atomic mass is 10.1. The summed E-state index contributed by atoms with van der Waals surface area (Å²) in [5, 5.41) is -2.16. The van der Waals surface area contributed by atoms with Crippen molar-refractivity contribution in [3.05, 3.63) is 0 Å². The SMILES string of the molecule is CCCCCCCCCCCS(=O)CC(P(=O)(O)O)P(=O)(O)O. The molecule has 0 amide bonds. The molecule has 140 valence electrons. The number of hydrogen-bond acceptors (Lipinski definition) is 3. The second-order valence-electron chi connectivity index (χ2n) is 5.80. The van der Waals surface area contributed by atoms with Gasteiger partial charge in [-0.15, -0.1) is 0 Å². The highest BCUT2D eigenvalue weighted by atomic mass is 32.2. The van der Waals surface area contributed by atoms with E-state index in [1.807, 2.05) is 0 Å². The van der Waals surface area contributed by atoms with E-state index in [9.17, 15) is 13.3 Å². The van der Waals surface area contributed by atoms with E-state index in [0.717, 1.165) is 19.3 Å². The summed E-state index contributed by atoms with van der Waals surface area (Å²) in [5.41, 5.74) is 0. The molecule has 0 bridgehead atoms. The Morgan fingerprint density at radius 3 is 1.57 bits per heavy atom. The van der Waals surface area contributed by atoms with Gasteiger partial charge in [-0.3, -0.25) is 13.3 Å². The fraction of sp³-hybridized carbons (Fsp3) is 1.00. The Morgan fingerprint density at radius 2 is 1.17 bits per heavy atom. The smallest absolute Gasteiger partial charge is 0.324 e. The van der Waals surface area contributed by atoms with Gasteiger partial charge in [0.25, 0.3) is 0 Å². The number of hydrogen-bond donors (Lipinski definition) is 4. The van der Waals surface area contributed by atoms with Crippen molar-refractivity contribution >= 4 is 26.0 Å². The van der Waals surface area contributed by atoms with E-state index in [1.165, 1.54) is 32.1 Å². The van der Waals surface area contributed by atoms with Crippen molar-refractivity contribution in [2.75, 3.05) is 11.5 Å². The van der Waals surface area contributed by atoms with Gasteiger partial charge in [0.05, 0.1) is 0 Å². The van der Waals surface area contributed by atoms with Crippen LogP contribution in [-0.4, -0.2) is 40.7 Å². The minimum absolute atomic E-state index is 0.215. The molecule has 1 unspecified atom stereocenters. The monoisotopic (exact) mass is 392 g/mol. The Kier molecular flexibility index (Phi) is 12.1. The summed E-state index contributed by atoms with van der Waals surface area (Å²) in [6, 6.07) is 0. The average molecular weight is 392 g/mol. The standard InChI is InChI=1S/C13H30O7P2S/c1-2-3-4-5-6-7-8-9-10-11-23(20)12-13(21(14,15)16)22(17,18)19/h13H,2-12H2,1H3,(H2,14,15,16)(H2,17,18,19). The lowest BCUT2D eigenvalue weighted by Crippen LogP contribution is -2.19. The Morgan fingerprint density at radius 1 is 0.783 bits per heavy atom. The van der Waals surface area contributed by atoms with Crippen LogP contribution >= 0.6 is 15.2 Å². The molecule has 4 N–H and O–H groups in total. The molecule has 0 aromatic heterocycles. The van der Waals surface area contributed by atoms with E-state index >= 15 is 0 Å². The molecule has 0 aliphatic carbocycles. The highest BCUT2D eigenvalue weighted by molar-refractivity contribution is 7.86. The van der Waals surface area contributed by atoms with Gasteiger partial charge in [-0.25, -0.2) is 0 Å². The first-order chi connectivity index (χ1) is 10.6. The average Bonchev–Trinajstić information content (AvgIpc) is 2.40. The molecular weight excluding hydrogens is 362 g/mol. The van der Waals surface area contributed by atoms with Gasteiger partial charge >= 0.3 is 15.2 Å². The topological polar surface area (TPSA) is 132 Å². The molecule has 0 aromatic carbocycles. The Bertz CT molecular complexity index is 410. The van der Waals surface area contributed by atoms with Crippen molar-refractivity contribution in [3.63, 3.8) is 0 Å². The zero-order valence-electron chi connectivity index (χ0n) is 13.7. The van der Waals surface area contributed by atoms with Gasteiger partial charge in [0, 0.05) is 22.3 Å². The van der Waals surface area contributed by atoms with Gasteiger partial charge in [0.1, 0.15) is 0 Å². The molecule has 0 fully saturated rings. The Labute approximate surface area is 141 Å². The van der Waals surface area contributed by atoms with Gasteiger partial charge in [0.15, 0.2) is 5.40 Å². The molecule has 23 heavy (non-hydrogen) atoms. The second-order valence-corrected chi connectivity index (χ2v) is 11.4. The van der Waals surface area contributed by atoms with Crippen molar-refractivity contribution in [3.8, 4) is 0 Å². The van der Waals surface area contributed by atoms with Gasteiger partial charge in [0.2, 0.25) is 0 Å². The summed E-state index contributed by atoms with van der Waals surface area (Å²) < 4.78 is 34.0. The maximum absolute atomic E-state index is 11.8. The molecule has 0 heterocycles. The Hall–Kier alpha value is 0.450. The third-order valence-electron chi connectivity index (χ3n) is 3.59. The van der Waals surface area contributed by atoms with Crippen molar-refractivity contribution < 1.29 is 32.9 Å². The van der Waals surface area contributed by atoms with Crippen LogP contribution < -0.4 is 0 Å². The second kappa shape index (κ2) is 11.9. The van der Waals surface area contributed by atoms with Crippen LogP contribution in [0.15, 0.2) is 0 Å². The molecule has 0 saturated heterocycles. The van der Waals surface area contributed by atoms with Crippen LogP contribution in [0.4, 0.5) is 0 Å². The molecule has 0 spiro atoms. The summed E-state index contributed by atoms with van der Waals surface area (Å²) >= 11 is 0. The fourth-order valence-electron chi connectivity index (χ4n) is 2.21. The van der Waals surface area contributed by atoms with Crippen molar-refractivity contribution in [1.82, 2.24) is 0 Å². The van der Waals surface area contributed by atoms with Crippen LogP contribution in [-0.2, 0) is 19.9 Å². The first-order valence-electron chi connectivity index (χ1n) is 8.04. The molecule has 1 atom stereocenters. The minimum atomic E-state index is -4.97. The largest absolute Gasteiger partial charge is 0.341 e. The predicted octanol–water partition coefficient (Wildman–Crippen LogP) is 2.95. The molecule has 0 aromatic rings. The van der Waals surface area contributed by atoms with E-state index in [4.69, 9.17) is 19.6 Å². The normalized spacial score (nSPS) is 14.3. The zero-order valence-corrected chi connectivity index (χ0v) is 16.3. The van der Waals surface area contributed by atoms with Gasteiger partial charge in [-0.2, -0.15) is 0 Å². The maximum atomic E-state index is 11.8. The molecular formula is C13H30O7P2S. The van der Waals surface area contributed by atoms with Crippen LogP contribution in [0.3, 0.4) is 0 Å². The van der Waals surface area contributed by atoms with E-state index in [2.05, 4.69) is 6.92 Å². The highest BCUT2D eigenvalue weighted by Crippen LogP contribution is 2.59. The predicted molar refractivity (Wildman–Crippen MR) is 93.0 cm³/mol. The van der Waals surface area contributed by atoms with E-state index < -0.39 is 37.1 Å². The molecule has 0 aliphatic rings. The molecule has 0 rings (SSSR count). The maximum Gasteiger partial charge on any atom is 0.341 e. The van der Waals surface area contributed by atoms with Gasteiger partial charge < -0.3 is 19.6 Å². The Balaban J connectivity index is 3.90. The van der Waals surface area contributed by atoms with Crippen LogP contribution in [0.25, 0.3) is 0 Å². The number of unbranched alkanes of at least 4 members (excludes halogenated alkanes) is 8. The fourth-order valence-corrected chi connectivity index (χ4v) is 7.36. The zero-order chi connectivity index (χ0) is 17.9. The third-order valence-corrected chi connectivity index (χ3v) is 9.25. The summed E-state index contributed by atoms with van der Waals surface area (Å²) in [5.74, 6) is -0.447. The van der Waals surface area contributed by atoms with Crippen molar-refractivity contribution in [2.24, 2.45) is 0 Å². The highest BCUT2D eigenvalue weighted by Gasteiger charge is 2.44. The summed E-state index contributed by atoms with van der Waals surface area (Å²) in [6.45, 7) is 2.17. The van der Waals surface area contributed by atoms with Crippen molar-refractivity contribution in [1.29, 1.82) is 0 Å². The third kappa shape index (κ3) is 12.5. The van der Waals surface area contributed by atoms with E-state index in [-0.39, 0.29) is 5.75 Å². The van der Waals surface area contributed by atoms with Crippen LogP contribution in [0, 0.1) is 0 Å². The molecule has 0 radical (unpaired) electrons. The van der Waals surface area contributed by atoms with Crippen molar-refractivity contribution in [2.45, 2.75) is 70.1 Å². The lowest BCUT2D eigenvalue weighted by Gasteiger charge is -2.18. The van der Waals surface area contributed by atoms with Gasteiger partial charge in [-0.1, -0.05) is 58.3 Å². The quantitative estimate of drug-likeness (QED) is 0.264. The first-order valence-corrected chi connectivity index (χ1v) is 12.9. The molecule has 0 aliphatic heterocycles. The summed E-state index contributed by atoms with van der Waals surface area (Å²) in [7, 11) is -11.6. The number of rotatable bonds is 14.